The van der Waals surface area contributed by atoms with Gasteiger partial charge in [0.25, 0.3) is 0 Å². The molecule has 0 saturated heterocycles. The van der Waals surface area contributed by atoms with Gasteiger partial charge in [-0.1, -0.05) is 24.3 Å². The van der Waals surface area contributed by atoms with Crippen LogP contribution in [0.3, 0.4) is 0 Å². The lowest BCUT2D eigenvalue weighted by Gasteiger charge is -2.07. The Kier molecular flexibility index (Phi) is 5.36. The van der Waals surface area contributed by atoms with Crippen LogP contribution in [0.5, 0.6) is 0 Å². The molecule has 0 aliphatic heterocycles. The van der Waals surface area contributed by atoms with E-state index in [0.29, 0.717) is 11.3 Å². The number of hydrogen-bond acceptors (Lipinski definition) is 5. The highest BCUT2D eigenvalue weighted by Gasteiger charge is 2.31. The van der Waals surface area contributed by atoms with Crippen LogP contribution in [0.2, 0.25) is 0 Å². The van der Waals surface area contributed by atoms with Crippen LogP contribution in [0.15, 0.2) is 53.0 Å². The number of nitrogens with zero attached hydrogens (tertiary/aromatic N) is 2. The molecule has 3 aromatic rings. The monoisotopic (exact) mass is 432 g/mol. The van der Waals surface area contributed by atoms with E-state index in [9.17, 15) is 14.0 Å². The van der Waals surface area contributed by atoms with Gasteiger partial charge in [0.1, 0.15) is 17.1 Å². The maximum Gasteiger partial charge on any atom is 0.357 e. The van der Waals surface area contributed by atoms with Crippen molar-refractivity contribution >= 4 is 27.9 Å². The molecule has 1 aromatic heterocycles. The van der Waals surface area contributed by atoms with Crippen molar-refractivity contribution in [1.29, 1.82) is 0 Å². The van der Waals surface area contributed by atoms with Gasteiger partial charge >= 0.3 is 11.9 Å². The number of halogens is 2. The summed E-state index contributed by atoms with van der Waals surface area (Å²) in [6.07, 6.45) is 0. The fourth-order valence-electron chi connectivity index (χ4n) is 2.60. The van der Waals surface area contributed by atoms with E-state index >= 15 is 0 Å². The van der Waals surface area contributed by atoms with Crippen LogP contribution >= 0.6 is 15.9 Å². The summed E-state index contributed by atoms with van der Waals surface area (Å²) in [5, 5.41) is 4.39. The lowest BCUT2D eigenvalue weighted by atomic mass is 10.1. The summed E-state index contributed by atoms with van der Waals surface area (Å²) in [5.41, 5.74) is 0.754. The molecular formula is C19H14BrFN2O4. The smallest absolute Gasteiger partial charge is 0.357 e. The standard InChI is InChI=1S/C19H14BrFN2O4/c1-26-18(24)15-16(11-8-9-13(20)14(21)10-11)22-23(17(15)19(25)27-2)12-6-4-3-5-7-12/h3-10H,1-2H3. The molecule has 0 radical (unpaired) electrons. The Morgan fingerprint density at radius 1 is 1.04 bits per heavy atom. The Labute approximate surface area is 162 Å². The number of esters is 2. The third kappa shape index (κ3) is 3.48. The number of methoxy groups -OCH3 is 2. The molecule has 0 unspecified atom stereocenters. The molecule has 0 amide bonds. The van der Waals surface area contributed by atoms with Gasteiger partial charge in [0.05, 0.1) is 24.4 Å². The van der Waals surface area contributed by atoms with Crippen molar-refractivity contribution in [1.82, 2.24) is 9.78 Å². The molecule has 0 bridgehead atoms. The predicted octanol–water partition coefficient (Wildman–Crippen LogP) is 4.01. The second-order valence-corrected chi connectivity index (χ2v) is 6.29. The van der Waals surface area contributed by atoms with Crippen molar-refractivity contribution in [3.05, 3.63) is 70.1 Å². The van der Waals surface area contributed by atoms with E-state index < -0.39 is 17.8 Å². The molecule has 3 rings (SSSR count). The average molecular weight is 433 g/mol. The minimum atomic E-state index is -0.782. The van der Waals surface area contributed by atoms with Gasteiger partial charge in [0.2, 0.25) is 0 Å². The normalized spacial score (nSPS) is 10.5. The van der Waals surface area contributed by atoms with Crippen molar-refractivity contribution in [2.75, 3.05) is 14.2 Å². The van der Waals surface area contributed by atoms with Gasteiger partial charge in [0, 0.05) is 5.56 Å². The van der Waals surface area contributed by atoms with Gasteiger partial charge < -0.3 is 9.47 Å². The zero-order valence-electron chi connectivity index (χ0n) is 14.4. The third-order valence-corrected chi connectivity index (χ3v) is 4.49. The summed E-state index contributed by atoms with van der Waals surface area (Å²) in [4.78, 5) is 24.9. The Balaban J connectivity index is 2.36. The number of benzene rings is 2. The topological polar surface area (TPSA) is 70.4 Å². The van der Waals surface area contributed by atoms with Crippen LogP contribution in [-0.2, 0) is 9.47 Å². The van der Waals surface area contributed by atoms with E-state index in [1.54, 1.807) is 36.4 Å². The van der Waals surface area contributed by atoms with Crippen molar-refractivity contribution in [3.63, 3.8) is 0 Å². The molecule has 6 nitrogen and oxygen atoms in total. The van der Waals surface area contributed by atoms with Crippen molar-refractivity contribution in [2.45, 2.75) is 0 Å². The number of hydrogen-bond donors (Lipinski definition) is 0. The second kappa shape index (κ2) is 7.71. The molecule has 138 valence electrons. The Morgan fingerprint density at radius 2 is 1.70 bits per heavy atom. The maximum atomic E-state index is 14.0. The SMILES string of the molecule is COC(=O)c1c(-c2ccc(Br)c(F)c2)nn(-c2ccccc2)c1C(=O)OC. The lowest BCUT2D eigenvalue weighted by molar-refractivity contribution is 0.0549. The number of ether oxygens (including phenoxy) is 2. The fraction of sp³-hybridized carbons (Fsp3) is 0.105. The molecule has 0 aliphatic carbocycles. The lowest BCUT2D eigenvalue weighted by Crippen LogP contribution is -2.15. The second-order valence-electron chi connectivity index (χ2n) is 5.43. The molecule has 0 spiro atoms. The van der Waals surface area contributed by atoms with E-state index in [4.69, 9.17) is 9.47 Å². The van der Waals surface area contributed by atoms with E-state index in [2.05, 4.69) is 21.0 Å². The maximum absolute atomic E-state index is 14.0. The minimum absolute atomic E-state index is 0.102. The molecule has 0 N–H and O–H groups in total. The molecule has 0 saturated carbocycles. The number of rotatable bonds is 4. The largest absolute Gasteiger partial charge is 0.465 e. The predicted molar refractivity (Wildman–Crippen MR) is 99.3 cm³/mol. The molecule has 27 heavy (non-hydrogen) atoms. The van der Waals surface area contributed by atoms with Gasteiger partial charge in [-0.2, -0.15) is 5.10 Å². The van der Waals surface area contributed by atoms with Crippen LogP contribution < -0.4 is 0 Å². The number of carbonyl (C=O) groups excluding carboxylic acids is 2. The first-order valence-corrected chi connectivity index (χ1v) is 8.57. The van der Waals surface area contributed by atoms with E-state index in [1.165, 1.54) is 31.0 Å². The molecule has 8 heteroatoms. The summed E-state index contributed by atoms with van der Waals surface area (Å²) in [6.45, 7) is 0. The number of para-hydroxylation sites is 1. The van der Waals surface area contributed by atoms with Gasteiger partial charge in [-0.05, 0) is 40.2 Å². The van der Waals surface area contributed by atoms with Crippen molar-refractivity contribution in [2.24, 2.45) is 0 Å². The Bertz CT molecular complexity index is 1020. The quantitative estimate of drug-likeness (QED) is 0.582. The van der Waals surface area contributed by atoms with Crippen LogP contribution in [0, 0.1) is 5.82 Å². The number of aromatic nitrogens is 2. The molecule has 2 aromatic carbocycles. The summed E-state index contributed by atoms with van der Waals surface area (Å²) < 4.78 is 25.3. The summed E-state index contributed by atoms with van der Waals surface area (Å²) >= 11 is 3.09. The highest BCUT2D eigenvalue weighted by atomic mass is 79.9. The van der Waals surface area contributed by atoms with E-state index in [-0.39, 0.29) is 21.4 Å². The highest BCUT2D eigenvalue weighted by Crippen LogP contribution is 2.31. The first-order valence-electron chi connectivity index (χ1n) is 7.78. The molecule has 0 fully saturated rings. The fourth-order valence-corrected chi connectivity index (χ4v) is 2.85. The first kappa shape index (κ1) is 18.8. The minimum Gasteiger partial charge on any atom is -0.465 e. The molecule has 0 atom stereocenters. The van der Waals surface area contributed by atoms with E-state index in [0.717, 1.165) is 0 Å². The third-order valence-electron chi connectivity index (χ3n) is 3.85. The summed E-state index contributed by atoms with van der Waals surface area (Å²) in [7, 11) is 2.39. The van der Waals surface area contributed by atoms with Gasteiger partial charge in [-0.25, -0.2) is 18.7 Å². The van der Waals surface area contributed by atoms with Crippen LogP contribution in [-0.4, -0.2) is 35.9 Å². The zero-order chi connectivity index (χ0) is 19.6. The van der Waals surface area contributed by atoms with E-state index in [1.807, 2.05) is 0 Å². The summed E-state index contributed by atoms with van der Waals surface area (Å²) in [6, 6.07) is 13.0. The Morgan fingerprint density at radius 3 is 2.30 bits per heavy atom. The highest BCUT2D eigenvalue weighted by molar-refractivity contribution is 9.10. The van der Waals surface area contributed by atoms with Gasteiger partial charge in [-0.3, -0.25) is 0 Å². The molecule has 0 aliphatic rings. The van der Waals surface area contributed by atoms with Crippen molar-refractivity contribution in [3.8, 4) is 16.9 Å². The van der Waals surface area contributed by atoms with Crippen molar-refractivity contribution < 1.29 is 23.5 Å². The number of carbonyl (C=O) groups is 2. The zero-order valence-corrected chi connectivity index (χ0v) is 16.0. The first-order chi connectivity index (χ1) is 13.0. The molecule has 1 heterocycles. The van der Waals surface area contributed by atoms with Crippen LogP contribution in [0.25, 0.3) is 16.9 Å². The Hall–Kier alpha value is -3.00. The summed E-state index contributed by atoms with van der Waals surface area (Å²) in [5.74, 6) is -2.08. The van der Waals surface area contributed by atoms with Gasteiger partial charge in [-0.15, -0.1) is 0 Å². The van der Waals surface area contributed by atoms with Gasteiger partial charge in [0.15, 0.2) is 5.69 Å². The van der Waals surface area contributed by atoms with Crippen LogP contribution in [0.1, 0.15) is 20.8 Å². The van der Waals surface area contributed by atoms with Crippen LogP contribution in [0.4, 0.5) is 4.39 Å². The average Bonchev–Trinajstić information content (AvgIpc) is 3.10. The molecular weight excluding hydrogens is 419 g/mol.